The van der Waals surface area contributed by atoms with Crippen molar-refractivity contribution in [3.8, 4) is 0 Å². The van der Waals surface area contributed by atoms with Gasteiger partial charge in [0, 0.05) is 6.54 Å². The minimum Gasteiger partial charge on any atom is -0.383 e. The Morgan fingerprint density at radius 1 is 1.16 bits per heavy atom. The quantitative estimate of drug-likeness (QED) is 0.849. The lowest BCUT2D eigenvalue weighted by molar-refractivity contribution is 0.535. The van der Waals surface area contributed by atoms with Gasteiger partial charge in [0.2, 0.25) is 0 Å². The molecule has 1 N–H and O–H groups in total. The van der Waals surface area contributed by atoms with Gasteiger partial charge in [-0.1, -0.05) is 53.6 Å². The van der Waals surface area contributed by atoms with Crippen LogP contribution in [-0.4, -0.2) is 6.54 Å². The first-order valence-electron chi connectivity index (χ1n) is 6.79. The van der Waals surface area contributed by atoms with Crippen LogP contribution >= 0.6 is 11.6 Å². The number of aryl methyl sites for hydroxylation is 1. The molecule has 0 amide bonds. The normalized spacial score (nSPS) is 17.7. The van der Waals surface area contributed by atoms with Crippen molar-refractivity contribution >= 4 is 17.3 Å². The highest BCUT2D eigenvalue weighted by Gasteiger charge is 2.19. The summed E-state index contributed by atoms with van der Waals surface area (Å²) in [7, 11) is 0. The number of hydrogen-bond donors (Lipinski definition) is 1. The van der Waals surface area contributed by atoms with E-state index in [0.717, 1.165) is 30.1 Å². The number of halogens is 1. The van der Waals surface area contributed by atoms with Crippen molar-refractivity contribution in [1.82, 2.24) is 0 Å². The molecule has 2 aromatic carbocycles. The predicted molar refractivity (Wildman–Crippen MR) is 82.0 cm³/mol. The predicted octanol–water partition coefficient (Wildman–Crippen LogP) is 4.48. The van der Waals surface area contributed by atoms with Crippen LogP contribution in [0.15, 0.2) is 42.5 Å². The number of anilines is 1. The zero-order chi connectivity index (χ0) is 13.2. The van der Waals surface area contributed by atoms with Gasteiger partial charge in [-0.05, 0) is 42.9 Å². The van der Waals surface area contributed by atoms with Crippen LogP contribution in [0.2, 0.25) is 5.02 Å². The number of hydrogen-bond acceptors (Lipinski definition) is 1. The van der Waals surface area contributed by atoms with E-state index in [1.807, 2.05) is 12.1 Å². The van der Waals surface area contributed by atoms with E-state index in [2.05, 4.69) is 42.6 Å². The maximum Gasteiger partial charge on any atom is 0.0640 e. The van der Waals surface area contributed by atoms with Gasteiger partial charge in [-0.2, -0.15) is 0 Å². The molecule has 98 valence electrons. The van der Waals surface area contributed by atoms with Gasteiger partial charge in [-0.25, -0.2) is 0 Å². The van der Waals surface area contributed by atoms with Gasteiger partial charge in [-0.3, -0.25) is 0 Å². The number of rotatable bonds is 2. The second-order valence-corrected chi connectivity index (χ2v) is 5.82. The van der Waals surface area contributed by atoms with E-state index < -0.39 is 0 Å². The minimum absolute atomic E-state index is 0.647. The number of fused-ring (bicyclic) bond motifs is 1. The molecule has 1 atom stereocenters. The maximum atomic E-state index is 6.20. The number of para-hydroxylation sites is 1. The molecule has 0 saturated carbocycles. The van der Waals surface area contributed by atoms with Crippen LogP contribution in [0, 0.1) is 12.8 Å². The van der Waals surface area contributed by atoms with Gasteiger partial charge < -0.3 is 5.32 Å². The molecule has 2 aromatic rings. The Morgan fingerprint density at radius 2 is 1.95 bits per heavy atom. The lowest BCUT2D eigenvalue weighted by atomic mass is 9.89. The van der Waals surface area contributed by atoms with Crippen molar-refractivity contribution in [2.45, 2.75) is 19.8 Å². The second-order valence-electron chi connectivity index (χ2n) is 5.41. The van der Waals surface area contributed by atoms with E-state index >= 15 is 0 Å². The van der Waals surface area contributed by atoms with Crippen molar-refractivity contribution in [3.05, 3.63) is 64.2 Å². The first kappa shape index (κ1) is 12.6. The Kier molecular flexibility index (Phi) is 3.48. The molecule has 3 rings (SSSR count). The molecule has 1 heterocycles. The zero-order valence-corrected chi connectivity index (χ0v) is 11.9. The van der Waals surface area contributed by atoms with Crippen molar-refractivity contribution in [3.63, 3.8) is 0 Å². The molecule has 0 spiro atoms. The summed E-state index contributed by atoms with van der Waals surface area (Å²) in [6.07, 6.45) is 2.23. The third-order valence-electron chi connectivity index (χ3n) is 3.82. The fourth-order valence-corrected chi connectivity index (χ4v) is 3.03. The van der Waals surface area contributed by atoms with Crippen LogP contribution in [0.1, 0.15) is 16.7 Å². The Bertz CT molecular complexity index is 574. The molecule has 2 heteroatoms. The topological polar surface area (TPSA) is 12.0 Å². The molecular weight excluding hydrogens is 254 g/mol. The number of benzene rings is 2. The molecule has 0 radical (unpaired) electrons. The molecule has 0 bridgehead atoms. The van der Waals surface area contributed by atoms with Crippen LogP contribution in [-0.2, 0) is 12.8 Å². The second kappa shape index (κ2) is 5.26. The van der Waals surface area contributed by atoms with Crippen LogP contribution < -0.4 is 5.32 Å². The first-order valence-corrected chi connectivity index (χ1v) is 7.17. The minimum atomic E-state index is 0.647. The standard InChI is InChI=1S/C17H18ClN/c1-12-5-7-13(8-6-12)9-14-10-15-3-2-4-16(18)17(15)19-11-14/h2-8,14,19H,9-11H2,1H3. The van der Waals surface area contributed by atoms with Crippen molar-refractivity contribution in [2.75, 3.05) is 11.9 Å². The lowest BCUT2D eigenvalue weighted by Crippen LogP contribution is -2.25. The van der Waals surface area contributed by atoms with Crippen molar-refractivity contribution < 1.29 is 0 Å². The molecule has 0 fully saturated rings. The Labute approximate surface area is 119 Å². The fraction of sp³-hybridized carbons (Fsp3) is 0.294. The zero-order valence-electron chi connectivity index (χ0n) is 11.1. The summed E-state index contributed by atoms with van der Waals surface area (Å²) >= 11 is 6.20. The summed E-state index contributed by atoms with van der Waals surface area (Å²) in [5, 5.41) is 4.32. The molecule has 0 aromatic heterocycles. The third kappa shape index (κ3) is 2.76. The van der Waals surface area contributed by atoms with E-state index in [1.54, 1.807) is 0 Å². The van der Waals surface area contributed by atoms with E-state index in [9.17, 15) is 0 Å². The SMILES string of the molecule is Cc1ccc(CC2CNc3c(Cl)cccc3C2)cc1. The number of nitrogens with one attached hydrogen (secondary N) is 1. The van der Waals surface area contributed by atoms with E-state index in [1.165, 1.54) is 16.7 Å². The largest absolute Gasteiger partial charge is 0.383 e. The summed E-state index contributed by atoms with van der Waals surface area (Å²) in [6, 6.07) is 15.0. The summed E-state index contributed by atoms with van der Waals surface area (Å²) in [5.74, 6) is 0.647. The smallest absolute Gasteiger partial charge is 0.0640 e. The molecule has 1 aliphatic rings. The fourth-order valence-electron chi connectivity index (χ4n) is 2.77. The van der Waals surface area contributed by atoms with Crippen LogP contribution in [0.3, 0.4) is 0 Å². The summed E-state index contributed by atoms with van der Waals surface area (Å²) in [5.41, 5.74) is 5.21. The molecule has 1 aliphatic heterocycles. The highest BCUT2D eigenvalue weighted by molar-refractivity contribution is 6.33. The lowest BCUT2D eigenvalue weighted by Gasteiger charge is -2.27. The van der Waals surface area contributed by atoms with E-state index in [4.69, 9.17) is 11.6 Å². The van der Waals surface area contributed by atoms with Crippen molar-refractivity contribution in [2.24, 2.45) is 5.92 Å². The Balaban J connectivity index is 1.74. The van der Waals surface area contributed by atoms with Crippen LogP contribution in [0.5, 0.6) is 0 Å². The van der Waals surface area contributed by atoms with E-state index in [0.29, 0.717) is 5.92 Å². The molecule has 19 heavy (non-hydrogen) atoms. The first-order chi connectivity index (χ1) is 9.22. The average molecular weight is 272 g/mol. The molecule has 1 unspecified atom stereocenters. The van der Waals surface area contributed by atoms with Gasteiger partial charge in [0.25, 0.3) is 0 Å². The highest BCUT2D eigenvalue weighted by Crippen LogP contribution is 2.32. The molecule has 1 nitrogen and oxygen atoms in total. The van der Waals surface area contributed by atoms with Gasteiger partial charge in [0.1, 0.15) is 0 Å². The van der Waals surface area contributed by atoms with Gasteiger partial charge in [0.15, 0.2) is 0 Å². The van der Waals surface area contributed by atoms with Crippen molar-refractivity contribution in [1.29, 1.82) is 0 Å². The van der Waals surface area contributed by atoms with Crippen LogP contribution in [0.4, 0.5) is 5.69 Å². The molecule has 0 saturated heterocycles. The van der Waals surface area contributed by atoms with E-state index in [-0.39, 0.29) is 0 Å². The molecule has 0 aliphatic carbocycles. The third-order valence-corrected chi connectivity index (χ3v) is 4.14. The monoisotopic (exact) mass is 271 g/mol. The maximum absolute atomic E-state index is 6.20. The van der Waals surface area contributed by atoms with Gasteiger partial charge >= 0.3 is 0 Å². The van der Waals surface area contributed by atoms with Gasteiger partial charge in [-0.15, -0.1) is 0 Å². The highest BCUT2D eigenvalue weighted by atomic mass is 35.5. The van der Waals surface area contributed by atoms with Crippen LogP contribution in [0.25, 0.3) is 0 Å². The Morgan fingerprint density at radius 3 is 2.74 bits per heavy atom. The summed E-state index contributed by atoms with van der Waals surface area (Å²) in [4.78, 5) is 0. The summed E-state index contributed by atoms with van der Waals surface area (Å²) < 4.78 is 0. The average Bonchev–Trinajstić information content (AvgIpc) is 2.42. The summed E-state index contributed by atoms with van der Waals surface area (Å²) in [6.45, 7) is 3.13. The molecular formula is C17H18ClN. The Hall–Kier alpha value is -1.47. The van der Waals surface area contributed by atoms with Gasteiger partial charge in [0.05, 0.1) is 10.7 Å².